The minimum atomic E-state index is -4.42. The van der Waals surface area contributed by atoms with Crippen LogP contribution in [0.3, 0.4) is 0 Å². The van der Waals surface area contributed by atoms with Crippen molar-refractivity contribution in [3.8, 4) is 0 Å². The van der Waals surface area contributed by atoms with Gasteiger partial charge in [0.1, 0.15) is 5.82 Å². The molecule has 8 heteroatoms. The van der Waals surface area contributed by atoms with E-state index in [4.69, 9.17) is 5.73 Å². The highest BCUT2D eigenvalue weighted by Crippen LogP contribution is 2.38. The van der Waals surface area contributed by atoms with Crippen molar-refractivity contribution in [2.24, 2.45) is 0 Å². The number of carbonyl (C=O) groups is 1. The average molecular weight is 364 g/mol. The molecule has 0 saturated heterocycles. The monoisotopic (exact) mass is 364 g/mol. The Labute approximate surface area is 148 Å². The number of aryl methyl sites for hydroxylation is 1. The van der Waals surface area contributed by atoms with Gasteiger partial charge in [-0.2, -0.15) is 23.0 Å². The number of alkyl halides is 3. The molecule has 0 spiro atoms. The normalized spacial score (nSPS) is 19.4. The molecule has 2 heterocycles. The first-order valence-electron chi connectivity index (χ1n) is 8.71. The average Bonchev–Trinajstić information content (AvgIpc) is 2.96. The number of nitrogens with two attached hydrogens (primary N) is 1. The summed E-state index contributed by atoms with van der Waals surface area (Å²) in [4.78, 5) is 13.1. The van der Waals surface area contributed by atoms with E-state index in [9.17, 15) is 18.0 Å². The quantitative estimate of drug-likeness (QED) is 0.811. The van der Waals surface area contributed by atoms with E-state index in [-0.39, 0.29) is 5.91 Å². The summed E-state index contributed by atoms with van der Waals surface area (Å²) in [6.07, 6.45) is -0.272. The Morgan fingerprint density at radius 3 is 2.77 bits per heavy atom. The lowest BCUT2D eigenvalue weighted by atomic mass is 9.89. The molecule has 1 aromatic heterocycles. The Hall–Kier alpha value is -2.51. The predicted octanol–water partition coefficient (Wildman–Crippen LogP) is 3.60. The minimum absolute atomic E-state index is 0.278. The second kappa shape index (κ2) is 6.03. The summed E-state index contributed by atoms with van der Waals surface area (Å²) >= 11 is 0. The number of aromatic nitrogens is 2. The van der Waals surface area contributed by atoms with E-state index < -0.39 is 17.7 Å². The Bertz CT molecular complexity index is 872. The second-order valence-electron chi connectivity index (χ2n) is 6.84. The lowest BCUT2D eigenvalue weighted by Crippen LogP contribution is -2.28. The van der Waals surface area contributed by atoms with Crippen LogP contribution in [-0.4, -0.2) is 22.2 Å². The van der Waals surface area contributed by atoms with Crippen LogP contribution in [0.2, 0.25) is 0 Å². The van der Waals surface area contributed by atoms with E-state index in [2.05, 4.69) is 10.4 Å². The smallest absolute Gasteiger partial charge is 0.385 e. The Morgan fingerprint density at radius 1 is 1.27 bits per heavy atom. The number of nitrogen functional groups attached to an aromatic ring is 1. The van der Waals surface area contributed by atoms with Gasteiger partial charge in [0, 0.05) is 17.8 Å². The molecule has 0 saturated carbocycles. The Morgan fingerprint density at radius 2 is 2.04 bits per heavy atom. The number of rotatable bonds is 1. The van der Waals surface area contributed by atoms with Gasteiger partial charge in [-0.05, 0) is 49.8 Å². The third-order valence-electron chi connectivity index (χ3n) is 5.21. The molecule has 0 radical (unpaired) electrons. The van der Waals surface area contributed by atoms with Gasteiger partial charge in [-0.15, -0.1) is 0 Å². The lowest BCUT2D eigenvalue weighted by molar-refractivity contribution is -0.137. The fourth-order valence-corrected chi connectivity index (χ4v) is 3.85. The largest absolute Gasteiger partial charge is 0.416 e. The van der Waals surface area contributed by atoms with Gasteiger partial charge in [0.15, 0.2) is 0 Å². The minimum Gasteiger partial charge on any atom is -0.385 e. The first-order valence-corrected chi connectivity index (χ1v) is 8.71. The Kier molecular flexibility index (Phi) is 3.93. The fraction of sp³-hybridized carbons (Fsp3) is 0.444. The van der Waals surface area contributed by atoms with Gasteiger partial charge in [0.2, 0.25) is 0 Å². The fourth-order valence-electron chi connectivity index (χ4n) is 3.85. The van der Waals surface area contributed by atoms with Crippen molar-refractivity contribution in [1.29, 1.82) is 0 Å². The van der Waals surface area contributed by atoms with Gasteiger partial charge in [0.05, 0.1) is 17.2 Å². The molecule has 0 fully saturated rings. The van der Waals surface area contributed by atoms with Gasteiger partial charge < -0.3 is 11.1 Å². The molecule has 2 aromatic rings. The topological polar surface area (TPSA) is 72.9 Å². The van der Waals surface area contributed by atoms with Crippen LogP contribution < -0.4 is 11.1 Å². The van der Waals surface area contributed by atoms with E-state index in [1.807, 2.05) is 0 Å². The zero-order chi connectivity index (χ0) is 18.5. The molecule has 1 aromatic carbocycles. The molecule has 3 N–H and O–H groups in total. The molecule has 1 atom stereocenters. The number of hydrogen-bond donors (Lipinski definition) is 2. The summed E-state index contributed by atoms with van der Waals surface area (Å²) in [5.74, 6) is -0.465. The van der Waals surface area contributed by atoms with Crippen LogP contribution in [0.5, 0.6) is 0 Å². The number of carbonyl (C=O) groups excluding carboxylic acids is 1. The third kappa shape index (κ3) is 2.73. The van der Waals surface area contributed by atoms with E-state index >= 15 is 0 Å². The highest BCUT2D eigenvalue weighted by atomic mass is 19.4. The molecular weight excluding hydrogens is 345 g/mol. The third-order valence-corrected chi connectivity index (χ3v) is 5.21. The Balaban J connectivity index is 1.70. The van der Waals surface area contributed by atoms with Crippen molar-refractivity contribution < 1.29 is 18.0 Å². The zero-order valence-corrected chi connectivity index (χ0v) is 14.1. The SMILES string of the molecule is Nc1c2c(nn1C(=O)C1CCNc3cc(C(F)(F)F)ccc31)CCCC2. The number of fused-ring (bicyclic) bond motifs is 2. The summed E-state index contributed by atoms with van der Waals surface area (Å²) in [5.41, 5.74) is 8.12. The van der Waals surface area contributed by atoms with Crippen molar-refractivity contribution >= 4 is 17.4 Å². The maximum Gasteiger partial charge on any atom is 0.416 e. The number of nitrogens with one attached hydrogen (secondary N) is 1. The van der Waals surface area contributed by atoms with Crippen LogP contribution >= 0.6 is 0 Å². The van der Waals surface area contributed by atoms with Crippen molar-refractivity contribution in [1.82, 2.24) is 9.78 Å². The molecule has 2 aliphatic rings. The van der Waals surface area contributed by atoms with Gasteiger partial charge in [-0.1, -0.05) is 6.07 Å². The van der Waals surface area contributed by atoms with Gasteiger partial charge in [-0.25, -0.2) is 0 Å². The highest BCUT2D eigenvalue weighted by molar-refractivity contribution is 5.90. The number of nitrogens with zero attached hydrogens (tertiary/aromatic N) is 2. The van der Waals surface area contributed by atoms with Crippen LogP contribution in [0.25, 0.3) is 0 Å². The van der Waals surface area contributed by atoms with Crippen LogP contribution in [0.1, 0.15) is 52.4 Å². The molecule has 5 nitrogen and oxygen atoms in total. The lowest BCUT2D eigenvalue weighted by Gasteiger charge is -2.26. The van der Waals surface area contributed by atoms with E-state index in [1.54, 1.807) is 0 Å². The summed E-state index contributed by atoms with van der Waals surface area (Å²) in [6, 6.07) is 3.46. The number of halogens is 3. The van der Waals surface area contributed by atoms with E-state index in [1.165, 1.54) is 10.7 Å². The van der Waals surface area contributed by atoms with Crippen LogP contribution in [-0.2, 0) is 19.0 Å². The van der Waals surface area contributed by atoms with Gasteiger partial charge in [0.25, 0.3) is 5.91 Å². The summed E-state index contributed by atoms with van der Waals surface area (Å²) in [5, 5.41) is 7.36. The van der Waals surface area contributed by atoms with Crippen molar-refractivity contribution in [2.45, 2.75) is 44.2 Å². The molecule has 138 valence electrons. The van der Waals surface area contributed by atoms with Crippen molar-refractivity contribution in [3.63, 3.8) is 0 Å². The van der Waals surface area contributed by atoms with Crippen LogP contribution in [0.4, 0.5) is 24.7 Å². The highest BCUT2D eigenvalue weighted by Gasteiger charge is 2.35. The van der Waals surface area contributed by atoms with Crippen LogP contribution in [0.15, 0.2) is 18.2 Å². The van der Waals surface area contributed by atoms with Gasteiger partial charge >= 0.3 is 6.18 Å². The predicted molar refractivity (Wildman–Crippen MR) is 91.2 cm³/mol. The van der Waals surface area contributed by atoms with Crippen LogP contribution in [0, 0.1) is 0 Å². The molecule has 1 unspecified atom stereocenters. The first kappa shape index (κ1) is 16.9. The molecule has 1 aliphatic carbocycles. The summed E-state index contributed by atoms with van der Waals surface area (Å²) in [6.45, 7) is 0.422. The number of benzene rings is 1. The second-order valence-corrected chi connectivity index (χ2v) is 6.84. The number of hydrogen-bond acceptors (Lipinski definition) is 4. The zero-order valence-electron chi connectivity index (χ0n) is 14.1. The maximum absolute atomic E-state index is 13.1. The molecule has 4 rings (SSSR count). The van der Waals surface area contributed by atoms with E-state index in [0.717, 1.165) is 49.1 Å². The standard InChI is InChI=1S/C18H19F3N4O/c19-18(20,21)10-5-6-11-12(7-8-23-15(11)9-10)17(26)25-16(22)13-3-1-2-4-14(13)24-25/h5-6,9,12,23H,1-4,7-8,22H2. The molecule has 0 bridgehead atoms. The molecule has 1 aliphatic heterocycles. The molecule has 0 amide bonds. The molecular formula is C18H19F3N4O. The first-order chi connectivity index (χ1) is 12.4. The van der Waals surface area contributed by atoms with E-state index in [0.29, 0.717) is 30.0 Å². The van der Waals surface area contributed by atoms with Crippen molar-refractivity contribution in [3.05, 3.63) is 40.6 Å². The maximum atomic E-state index is 13.1. The summed E-state index contributed by atoms with van der Waals surface area (Å²) < 4.78 is 40.1. The molecule has 26 heavy (non-hydrogen) atoms. The van der Waals surface area contributed by atoms with Crippen molar-refractivity contribution in [2.75, 3.05) is 17.6 Å². The van der Waals surface area contributed by atoms with Gasteiger partial charge in [-0.3, -0.25) is 4.79 Å². The number of anilines is 2. The summed E-state index contributed by atoms with van der Waals surface area (Å²) in [7, 11) is 0.